The molecule has 0 spiro atoms. The Balaban J connectivity index is 2.35. The van der Waals surface area contributed by atoms with Crippen LogP contribution in [-0.2, 0) is 0 Å². The summed E-state index contributed by atoms with van der Waals surface area (Å²) >= 11 is 3.04. The number of hydrogen-bond acceptors (Lipinski definition) is 2. The van der Waals surface area contributed by atoms with E-state index in [2.05, 4.69) is 15.9 Å². The molecule has 0 unspecified atom stereocenters. The Hall–Kier alpha value is -1.41. The monoisotopic (exact) mass is 382 g/mol. The van der Waals surface area contributed by atoms with Crippen LogP contribution in [0, 0.1) is 29.1 Å². The average molecular weight is 383 g/mol. The number of carbonyl (C=O) groups is 1. The van der Waals surface area contributed by atoms with E-state index in [1.807, 2.05) is 0 Å². The first kappa shape index (κ1) is 16.0. The van der Waals surface area contributed by atoms with Crippen molar-refractivity contribution >= 4 is 32.8 Å². The molecule has 1 nitrogen and oxygen atoms in total. The first-order valence-electron chi connectivity index (χ1n) is 5.31. The number of halogens is 6. The predicted molar refractivity (Wildman–Crippen MR) is 70.6 cm³/mol. The lowest BCUT2D eigenvalue weighted by atomic mass is 10.2. The van der Waals surface area contributed by atoms with E-state index in [0.717, 1.165) is 12.1 Å². The molecule has 0 saturated carbocycles. The number of rotatable bonds is 2. The summed E-state index contributed by atoms with van der Waals surface area (Å²) in [5, 5.41) is -1.09. The standard InChI is InChI=1S/C13H4BrF5OS/c14-5-1-7(15)11(8(16)2-5)13(20)21-6-3-9(17)12(19)10(18)4-6/h1-4H. The van der Waals surface area contributed by atoms with Crippen LogP contribution in [0.2, 0.25) is 0 Å². The zero-order chi connectivity index (χ0) is 15.7. The lowest BCUT2D eigenvalue weighted by Crippen LogP contribution is -2.03. The summed E-state index contributed by atoms with van der Waals surface area (Å²) in [4.78, 5) is 11.5. The molecule has 0 radical (unpaired) electrons. The van der Waals surface area contributed by atoms with E-state index in [4.69, 9.17) is 0 Å². The van der Waals surface area contributed by atoms with Crippen LogP contribution in [0.4, 0.5) is 22.0 Å². The van der Waals surface area contributed by atoms with Gasteiger partial charge >= 0.3 is 0 Å². The molecule has 0 amide bonds. The lowest BCUT2D eigenvalue weighted by molar-refractivity contribution is 0.108. The number of thioether (sulfide) groups is 1. The zero-order valence-electron chi connectivity index (χ0n) is 9.89. The molecule has 0 aliphatic carbocycles. The predicted octanol–water partition coefficient (Wildman–Crippen LogP) is 5.08. The molecule has 21 heavy (non-hydrogen) atoms. The van der Waals surface area contributed by atoms with Crippen LogP contribution in [0.1, 0.15) is 10.4 Å². The molecule has 2 aromatic rings. The van der Waals surface area contributed by atoms with Gasteiger partial charge in [-0.05, 0) is 36.0 Å². The van der Waals surface area contributed by atoms with Crippen molar-refractivity contribution in [2.75, 3.05) is 0 Å². The van der Waals surface area contributed by atoms with Gasteiger partial charge in [-0.3, -0.25) is 4.79 Å². The van der Waals surface area contributed by atoms with Crippen LogP contribution in [-0.4, -0.2) is 5.12 Å². The highest BCUT2D eigenvalue weighted by molar-refractivity contribution is 9.10. The normalized spacial score (nSPS) is 10.8. The summed E-state index contributed by atoms with van der Waals surface area (Å²) in [6.45, 7) is 0. The molecule has 8 heteroatoms. The molecule has 0 bridgehead atoms. The molecule has 2 rings (SSSR count). The largest absolute Gasteiger partial charge is 0.281 e. The first-order chi connectivity index (χ1) is 9.79. The molecule has 0 aliphatic rings. The number of hydrogen-bond donors (Lipinski definition) is 0. The van der Waals surface area contributed by atoms with Crippen molar-refractivity contribution in [1.29, 1.82) is 0 Å². The highest BCUT2D eigenvalue weighted by Gasteiger charge is 2.21. The van der Waals surface area contributed by atoms with Crippen molar-refractivity contribution in [2.24, 2.45) is 0 Å². The second-order valence-corrected chi connectivity index (χ2v) is 5.80. The fourth-order valence-corrected chi connectivity index (χ4v) is 2.72. The first-order valence-corrected chi connectivity index (χ1v) is 6.92. The smallest absolute Gasteiger partial charge is 0.230 e. The third-order valence-corrected chi connectivity index (χ3v) is 3.70. The van der Waals surface area contributed by atoms with Gasteiger partial charge in [0.2, 0.25) is 5.12 Å². The minimum Gasteiger partial charge on any atom is -0.281 e. The van der Waals surface area contributed by atoms with Crippen LogP contribution < -0.4 is 0 Å². The highest BCUT2D eigenvalue weighted by atomic mass is 79.9. The van der Waals surface area contributed by atoms with Crippen molar-refractivity contribution in [3.8, 4) is 0 Å². The van der Waals surface area contributed by atoms with Crippen LogP contribution in [0.3, 0.4) is 0 Å². The molecule has 0 saturated heterocycles. The van der Waals surface area contributed by atoms with E-state index in [-0.39, 0.29) is 21.1 Å². The molecule has 0 aromatic heterocycles. The van der Waals surface area contributed by atoms with Crippen molar-refractivity contribution < 1.29 is 26.7 Å². The fourth-order valence-electron chi connectivity index (χ4n) is 1.49. The average Bonchev–Trinajstić information content (AvgIpc) is 2.34. The lowest BCUT2D eigenvalue weighted by Gasteiger charge is -2.05. The Kier molecular flexibility index (Phi) is 4.67. The van der Waals surface area contributed by atoms with Crippen LogP contribution >= 0.6 is 27.7 Å². The third-order valence-electron chi connectivity index (χ3n) is 2.38. The molecular weight excluding hydrogens is 379 g/mol. The van der Waals surface area contributed by atoms with Gasteiger partial charge in [0.1, 0.15) is 17.2 Å². The van der Waals surface area contributed by atoms with Gasteiger partial charge in [0.15, 0.2) is 17.5 Å². The Morgan fingerprint density at radius 1 is 0.857 bits per heavy atom. The van der Waals surface area contributed by atoms with Gasteiger partial charge in [-0.25, -0.2) is 22.0 Å². The van der Waals surface area contributed by atoms with Crippen molar-refractivity contribution in [2.45, 2.75) is 4.90 Å². The minimum atomic E-state index is -1.69. The molecule has 2 aromatic carbocycles. The Labute approximate surface area is 128 Å². The molecule has 0 N–H and O–H groups in total. The van der Waals surface area contributed by atoms with E-state index in [1.165, 1.54) is 0 Å². The van der Waals surface area contributed by atoms with Crippen LogP contribution in [0.5, 0.6) is 0 Å². The van der Waals surface area contributed by atoms with Gasteiger partial charge in [0.25, 0.3) is 0 Å². The highest BCUT2D eigenvalue weighted by Crippen LogP contribution is 2.29. The summed E-state index contributed by atoms with van der Waals surface area (Å²) in [6, 6.07) is 2.89. The van der Waals surface area contributed by atoms with Crippen molar-refractivity contribution in [3.05, 3.63) is 63.4 Å². The van der Waals surface area contributed by atoms with E-state index in [9.17, 15) is 26.7 Å². The molecule has 0 fully saturated rings. The van der Waals surface area contributed by atoms with Gasteiger partial charge in [-0.2, -0.15) is 0 Å². The quantitative estimate of drug-likeness (QED) is 0.409. The van der Waals surface area contributed by atoms with E-state index < -0.39 is 39.8 Å². The van der Waals surface area contributed by atoms with Crippen LogP contribution in [0.25, 0.3) is 0 Å². The van der Waals surface area contributed by atoms with E-state index in [1.54, 1.807) is 0 Å². The molecule has 0 aliphatic heterocycles. The Morgan fingerprint density at radius 2 is 1.33 bits per heavy atom. The summed E-state index contributed by atoms with van der Waals surface area (Å²) in [6.07, 6.45) is 0. The SMILES string of the molecule is O=C(Sc1cc(F)c(F)c(F)c1)c1c(F)cc(Br)cc1F. The van der Waals surface area contributed by atoms with Gasteiger partial charge in [-0.15, -0.1) is 0 Å². The van der Waals surface area contributed by atoms with Crippen molar-refractivity contribution in [1.82, 2.24) is 0 Å². The van der Waals surface area contributed by atoms with Crippen LogP contribution in [0.15, 0.2) is 33.6 Å². The number of carbonyl (C=O) groups excluding carboxylic acids is 1. The second kappa shape index (κ2) is 6.15. The van der Waals surface area contributed by atoms with Gasteiger partial charge in [0, 0.05) is 9.37 Å². The van der Waals surface area contributed by atoms with E-state index in [0.29, 0.717) is 12.1 Å². The second-order valence-electron chi connectivity index (χ2n) is 3.83. The summed E-state index contributed by atoms with van der Waals surface area (Å²) in [5.41, 5.74) is -0.853. The Bertz CT molecular complexity index is 688. The third kappa shape index (κ3) is 3.44. The van der Waals surface area contributed by atoms with Gasteiger partial charge in [-0.1, -0.05) is 15.9 Å². The molecule has 110 valence electrons. The summed E-state index contributed by atoms with van der Waals surface area (Å²) in [5.74, 6) is -6.93. The van der Waals surface area contributed by atoms with Gasteiger partial charge < -0.3 is 0 Å². The van der Waals surface area contributed by atoms with Gasteiger partial charge in [0.05, 0.1) is 0 Å². The molecular formula is C13H4BrF5OS. The Morgan fingerprint density at radius 3 is 1.81 bits per heavy atom. The molecule has 0 atom stereocenters. The van der Waals surface area contributed by atoms with E-state index >= 15 is 0 Å². The number of benzene rings is 2. The fraction of sp³-hybridized carbons (Fsp3) is 0. The summed E-state index contributed by atoms with van der Waals surface area (Å²) in [7, 11) is 0. The zero-order valence-corrected chi connectivity index (χ0v) is 12.3. The maximum Gasteiger partial charge on any atom is 0.230 e. The topological polar surface area (TPSA) is 17.1 Å². The minimum absolute atomic E-state index is 0.0953. The summed E-state index contributed by atoms with van der Waals surface area (Å²) < 4.78 is 66.0. The van der Waals surface area contributed by atoms with Crippen molar-refractivity contribution in [3.63, 3.8) is 0 Å². The maximum absolute atomic E-state index is 13.6. The molecule has 0 heterocycles. The maximum atomic E-state index is 13.6.